The van der Waals surface area contributed by atoms with Gasteiger partial charge in [0.15, 0.2) is 0 Å². The van der Waals surface area contributed by atoms with E-state index in [0.717, 1.165) is 5.56 Å². The molecule has 0 aromatic heterocycles. The average Bonchev–Trinajstić information content (AvgIpc) is 2.18. The quantitative estimate of drug-likeness (QED) is 0.383. The van der Waals surface area contributed by atoms with Gasteiger partial charge in [-0.1, -0.05) is 65.1 Å². The van der Waals surface area contributed by atoms with Gasteiger partial charge in [-0.05, 0) is 5.56 Å². The molecule has 3 nitrogen and oxygen atoms in total. The summed E-state index contributed by atoms with van der Waals surface area (Å²) in [5, 5.41) is 7.23. The molecule has 0 fully saturated rings. The third-order valence-corrected chi connectivity index (χ3v) is 2.07. The van der Waals surface area contributed by atoms with Gasteiger partial charge in [0.1, 0.15) is 0 Å². The molecule has 0 aliphatic heterocycles. The van der Waals surface area contributed by atoms with Gasteiger partial charge in [0.25, 0.3) is 9.69 Å². The molecule has 0 radical (unpaired) electrons. The lowest BCUT2D eigenvalue weighted by molar-refractivity contribution is 0.170. The molecule has 1 rings (SSSR count). The lowest BCUT2D eigenvalue weighted by atomic mass is 10.2. The molecule has 0 aliphatic carbocycles. The zero-order valence-corrected chi connectivity index (χ0v) is 9.90. The Kier molecular flexibility index (Phi) is 4.67. The molecule has 0 amide bonds. The summed E-state index contributed by atoms with van der Waals surface area (Å²) in [5.74, 6) is -0.455. The molecule has 82 valence electrons. The molecule has 1 aromatic carbocycles. The molecule has 6 heteroatoms. The van der Waals surface area contributed by atoms with Crippen molar-refractivity contribution in [1.29, 1.82) is 5.41 Å². The minimum Gasteiger partial charge on any atom is -0.389 e. The molecule has 0 aliphatic rings. The normalized spacial score (nSPS) is 11.1. The number of hydrogen-bond donors (Lipinski definition) is 2. The Morgan fingerprint density at radius 1 is 1.27 bits per heavy atom. The molecule has 0 unspecified atom stereocenters. The Morgan fingerprint density at radius 2 is 1.87 bits per heavy atom. The molecule has 0 saturated carbocycles. The Bertz CT molecular complexity index is 324. The fourth-order valence-corrected chi connectivity index (χ4v) is 0.961. The van der Waals surface area contributed by atoms with Crippen molar-refractivity contribution in [1.82, 2.24) is 5.48 Å². The molecule has 0 bridgehead atoms. The third-order valence-electron chi connectivity index (χ3n) is 1.55. The van der Waals surface area contributed by atoms with Crippen LogP contribution in [0.2, 0.25) is 0 Å². The summed E-state index contributed by atoms with van der Waals surface area (Å²) in [7, 11) is 0. The van der Waals surface area contributed by atoms with Crippen molar-refractivity contribution < 1.29 is 4.84 Å². The Labute approximate surface area is 103 Å². The second kappa shape index (κ2) is 5.56. The van der Waals surface area contributed by atoms with Gasteiger partial charge in [0.05, 0.1) is 6.54 Å². The van der Waals surface area contributed by atoms with E-state index in [4.69, 9.17) is 45.0 Å². The highest BCUT2D eigenvalue weighted by Gasteiger charge is 2.28. The highest BCUT2D eigenvalue weighted by Crippen LogP contribution is 2.27. The first kappa shape index (κ1) is 12.6. The predicted molar refractivity (Wildman–Crippen MR) is 62.4 cm³/mol. The number of hydrogen-bond acceptors (Lipinski definition) is 3. The highest BCUT2D eigenvalue weighted by molar-refractivity contribution is 6.75. The van der Waals surface area contributed by atoms with Crippen molar-refractivity contribution in [2.45, 2.75) is 10.3 Å². The molecule has 2 N–H and O–H groups in total. The maximum absolute atomic E-state index is 7.23. The number of alkyl halides is 3. The van der Waals surface area contributed by atoms with Gasteiger partial charge in [-0.25, -0.2) is 0 Å². The molecular formula is C9H9Cl3N2O. The maximum atomic E-state index is 7.23. The first-order chi connectivity index (χ1) is 7.00. The van der Waals surface area contributed by atoms with Crippen molar-refractivity contribution in [2.24, 2.45) is 0 Å². The van der Waals surface area contributed by atoms with Crippen molar-refractivity contribution in [2.75, 3.05) is 0 Å². The zero-order valence-electron chi connectivity index (χ0n) is 7.64. The molecule has 15 heavy (non-hydrogen) atoms. The summed E-state index contributed by atoms with van der Waals surface area (Å²) >= 11 is 16.2. The van der Waals surface area contributed by atoms with Crippen LogP contribution in [-0.4, -0.2) is 9.69 Å². The fraction of sp³-hybridized carbons (Fsp3) is 0.222. The van der Waals surface area contributed by atoms with Gasteiger partial charge in [-0.3, -0.25) is 5.41 Å². The summed E-state index contributed by atoms with van der Waals surface area (Å²) in [6.07, 6.45) is 0. The van der Waals surface area contributed by atoms with Crippen LogP contribution in [0.1, 0.15) is 5.56 Å². The van der Waals surface area contributed by atoms with Crippen molar-refractivity contribution in [3.05, 3.63) is 35.9 Å². The monoisotopic (exact) mass is 266 g/mol. The van der Waals surface area contributed by atoms with Gasteiger partial charge in [-0.2, -0.15) is 5.48 Å². The summed E-state index contributed by atoms with van der Waals surface area (Å²) in [6.45, 7) is 0.434. The second-order valence-corrected chi connectivity index (χ2v) is 5.02. The van der Waals surface area contributed by atoms with Crippen LogP contribution in [0.3, 0.4) is 0 Å². The van der Waals surface area contributed by atoms with E-state index in [9.17, 15) is 0 Å². The van der Waals surface area contributed by atoms with E-state index in [-0.39, 0.29) is 0 Å². The Morgan fingerprint density at radius 3 is 2.40 bits per heavy atom. The predicted octanol–water partition coefficient (Wildman–Crippen LogP) is 3.06. The molecule has 1 aromatic rings. The molecule has 0 spiro atoms. The van der Waals surface area contributed by atoms with E-state index in [1.54, 1.807) is 0 Å². The van der Waals surface area contributed by atoms with Crippen LogP contribution in [0.5, 0.6) is 0 Å². The van der Waals surface area contributed by atoms with Gasteiger partial charge >= 0.3 is 0 Å². The fourth-order valence-electron chi connectivity index (χ4n) is 0.845. The summed E-state index contributed by atoms with van der Waals surface area (Å²) < 4.78 is -1.83. The lowest BCUT2D eigenvalue weighted by Gasteiger charge is -2.13. The van der Waals surface area contributed by atoms with Crippen LogP contribution < -0.4 is 5.48 Å². The van der Waals surface area contributed by atoms with E-state index in [1.165, 1.54) is 0 Å². The molecule has 0 atom stereocenters. The van der Waals surface area contributed by atoms with E-state index >= 15 is 0 Å². The van der Waals surface area contributed by atoms with Gasteiger partial charge in [0.2, 0.25) is 0 Å². The van der Waals surface area contributed by atoms with E-state index in [2.05, 4.69) is 5.48 Å². The topological polar surface area (TPSA) is 45.1 Å². The van der Waals surface area contributed by atoms with E-state index in [1.807, 2.05) is 30.3 Å². The third kappa shape index (κ3) is 4.71. The average molecular weight is 268 g/mol. The first-order valence-electron chi connectivity index (χ1n) is 4.09. The SMILES string of the molecule is N=C(ONCc1ccccc1)C(Cl)(Cl)Cl. The number of halogens is 3. The number of benzene rings is 1. The largest absolute Gasteiger partial charge is 0.389 e. The second-order valence-electron chi connectivity index (χ2n) is 2.74. The highest BCUT2D eigenvalue weighted by atomic mass is 35.6. The summed E-state index contributed by atoms with van der Waals surface area (Å²) in [5.41, 5.74) is 3.54. The molecule has 0 heterocycles. The maximum Gasteiger partial charge on any atom is 0.268 e. The molecular weight excluding hydrogens is 258 g/mol. The van der Waals surface area contributed by atoms with Crippen LogP contribution in [0.15, 0.2) is 30.3 Å². The lowest BCUT2D eigenvalue weighted by Crippen LogP contribution is -2.28. The van der Waals surface area contributed by atoms with Crippen LogP contribution in [0.25, 0.3) is 0 Å². The number of nitrogens with one attached hydrogen (secondary N) is 2. The van der Waals surface area contributed by atoms with E-state index < -0.39 is 9.69 Å². The summed E-state index contributed by atoms with van der Waals surface area (Å²) in [6, 6.07) is 9.53. The summed E-state index contributed by atoms with van der Waals surface area (Å²) in [4.78, 5) is 4.75. The number of hydroxylamine groups is 1. The van der Waals surface area contributed by atoms with E-state index in [0.29, 0.717) is 6.54 Å². The Hall–Kier alpha value is -0.480. The van der Waals surface area contributed by atoms with Gasteiger partial charge in [0, 0.05) is 0 Å². The molecule has 0 saturated heterocycles. The minimum atomic E-state index is -1.83. The van der Waals surface area contributed by atoms with Crippen LogP contribution in [-0.2, 0) is 11.4 Å². The van der Waals surface area contributed by atoms with Crippen molar-refractivity contribution in [3.63, 3.8) is 0 Å². The minimum absolute atomic E-state index is 0.434. The van der Waals surface area contributed by atoms with Crippen LogP contribution in [0, 0.1) is 5.41 Å². The van der Waals surface area contributed by atoms with Crippen molar-refractivity contribution >= 4 is 40.7 Å². The first-order valence-corrected chi connectivity index (χ1v) is 5.23. The number of rotatable bonds is 3. The van der Waals surface area contributed by atoms with Crippen molar-refractivity contribution in [3.8, 4) is 0 Å². The van der Waals surface area contributed by atoms with Crippen LogP contribution in [0.4, 0.5) is 0 Å². The standard InChI is InChI=1S/C9H9Cl3N2O/c10-9(11,12)8(13)15-14-6-7-4-2-1-3-5-7/h1-5,13-14H,6H2. The smallest absolute Gasteiger partial charge is 0.268 e. The zero-order chi connectivity index (χ0) is 11.3. The van der Waals surface area contributed by atoms with Crippen LogP contribution >= 0.6 is 34.8 Å². The Balaban J connectivity index is 2.32. The van der Waals surface area contributed by atoms with Gasteiger partial charge < -0.3 is 4.84 Å². The van der Waals surface area contributed by atoms with Gasteiger partial charge in [-0.15, -0.1) is 0 Å².